The van der Waals surface area contributed by atoms with Crippen molar-refractivity contribution in [3.63, 3.8) is 0 Å². The summed E-state index contributed by atoms with van der Waals surface area (Å²) in [6, 6.07) is 28.5. The molecule has 0 amide bonds. The van der Waals surface area contributed by atoms with Crippen LogP contribution in [0, 0.1) is 32.1 Å². The van der Waals surface area contributed by atoms with Crippen LogP contribution in [0.3, 0.4) is 0 Å². The second kappa shape index (κ2) is 26.0. The van der Waals surface area contributed by atoms with Crippen LogP contribution in [0.4, 0.5) is 0 Å². The molecule has 5 nitrogen and oxygen atoms in total. The molecule has 1 heterocycles. The Balaban J connectivity index is -0.000000181. The Morgan fingerprint density at radius 3 is 1.84 bits per heavy atom. The predicted molar refractivity (Wildman–Crippen MR) is 108 cm³/mol. The molecule has 31 heavy (non-hydrogen) atoms. The quantitative estimate of drug-likeness (QED) is 0.276. The van der Waals surface area contributed by atoms with Crippen molar-refractivity contribution >= 4 is 0 Å². The van der Waals surface area contributed by atoms with E-state index in [-0.39, 0.29) is 37.8 Å². The molecule has 3 aromatic rings. The van der Waals surface area contributed by atoms with Gasteiger partial charge >= 0.3 is 54.3 Å². The fourth-order valence-electron chi connectivity index (χ4n) is 2.06. The molecule has 0 unspecified atom stereocenters. The zero-order valence-corrected chi connectivity index (χ0v) is 20.2. The Morgan fingerprint density at radius 2 is 1.42 bits per heavy atom. The summed E-state index contributed by atoms with van der Waals surface area (Å²) in [7, 11) is 4.16. The maximum Gasteiger partial charge on any atom is 2.00 e. The molecule has 1 atom stereocenters. The van der Waals surface area contributed by atoms with Gasteiger partial charge in [0.1, 0.15) is 0 Å². The molecule has 0 aliphatic rings. The largest absolute Gasteiger partial charge is 2.00 e. The van der Waals surface area contributed by atoms with Gasteiger partial charge in [0.15, 0.2) is 0 Å². The zero-order chi connectivity index (χ0) is 22.5. The molecule has 0 bridgehead atoms. The number of benzene rings is 2. The molecule has 0 saturated heterocycles. The summed E-state index contributed by atoms with van der Waals surface area (Å²) in [5.74, 6) is 0. The van der Waals surface area contributed by atoms with Gasteiger partial charge in [0.2, 0.25) is 0 Å². The third-order valence-electron chi connectivity index (χ3n) is 3.67. The number of pyridine rings is 1. The second-order valence-electron chi connectivity index (χ2n) is 5.49. The molecule has 0 radical (unpaired) electrons. The molecule has 0 aliphatic heterocycles. The van der Waals surface area contributed by atoms with Crippen LogP contribution in [0.2, 0.25) is 0 Å². The summed E-state index contributed by atoms with van der Waals surface area (Å²) >= 11 is 0. The molecule has 0 N–H and O–H groups in total. The molecule has 0 fully saturated rings. The van der Waals surface area contributed by atoms with Crippen LogP contribution >= 0.6 is 0 Å². The standard InChI is InChI=1S/C11H8N.C10H14N.3CO.Cr.Pd/c1-2-6-10(7-3-1)11-8-4-5-9-12-11;1-9(11(2)3)10-7-5-4-6-8-10;3*1-2;;/h1-4,6-9H;4-5,7-9H,1-3H3;;;;;/q2*-1;;;;;+2/t;9-;;;;;/m.1...../s1. The molecule has 1 aromatic heterocycles. The number of aromatic nitrogens is 1. The van der Waals surface area contributed by atoms with Crippen LogP contribution in [0.1, 0.15) is 18.5 Å². The van der Waals surface area contributed by atoms with Gasteiger partial charge < -0.3 is 4.90 Å². The normalized spacial score (nSPS) is 8.71. The van der Waals surface area contributed by atoms with Crippen molar-refractivity contribution in [3.8, 4) is 11.3 Å². The van der Waals surface area contributed by atoms with E-state index < -0.39 is 0 Å². The van der Waals surface area contributed by atoms with Gasteiger partial charge in [-0.1, -0.05) is 43.5 Å². The van der Waals surface area contributed by atoms with Crippen LogP contribution in [0.25, 0.3) is 11.3 Å². The van der Waals surface area contributed by atoms with Crippen molar-refractivity contribution in [2.24, 2.45) is 0 Å². The number of hydrogen-bond donors (Lipinski definition) is 0. The van der Waals surface area contributed by atoms with Crippen molar-refractivity contribution in [2.45, 2.75) is 13.0 Å². The molecular weight excluding hydrogens is 523 g/mol. The van der Waals surface area contributed by atoms with Crippen molar-refractivity contribution in [2.75, 3.05) is 14.1 Å². The Labute approximate surface area is 209 Å². The zero-order valence-electron chi connectivity index (χ0n) is 17.3. The van der Waals surface area contributed by atoms with Crippen molar-refractivity contribution < 1.29 is 51.7 Å². The second-order valence-corrected chi connectivity index (χ2v) is 5.49. The van der Waals surface area contributed by atoms with Crippen LogP contribution in [-0.2, 0) is 51.7 Å². The first-order valence-corrected chi connectivity index (χ1v) is 8.29. The molecular formula is C24H22CrN2O3Pd. The van der Waals surface area contributed by atoms with E-state index in [9.17, 15) is 0 Å². The minimum Gasteiger partial charge on any atom is -0.296 e. The fraction of sp³-hybridized carbons (Fsp3) is 0.167. The van der Waals surface area contributed by atoms with Gasteiger partial charge in [0.25, 0.3) is 0 Å². The summed E-state index contributed by atoms with van der Waals surface area (Å²) in [6.07, 6.45) is 1.68. The Bertz CT molecular complexity index is 760. The Kier molecular flexibility index (Phi) is 30.5. The monoisotopic (exact) mass is 544 g/mol. The molecule has 0 saturated carbocycles. The summed E-state index contributed by atoms with van der Waals surface area (Å²) in [5, 5.41) is 0. The van der Waals surface area contributed by atoms with Gasteiger partial charge in [0, 0.05) is 17.4 Å². The third kappa shape index (κ3) is 16.3. The van der Waals surface area contributed by atoms with Crippen LogP contribution in [0.15, 0.2) is 72.9 Å². The van der Waals surface area contributed by atoms with Gasteiger partial charge in [-0.2, -0.15) is 36.4 Å². The summed E-state index contributed by atoms with van der Waals surface area (Å²) in [4.78, 5) is 6.38. The fourth-order valence-corrected chi connectivity index (χ4v) is 2.06. The number of hydrogen-bond acceptors (Lipinski definition) is 2. The number of rotatable bonds is 3. The minimum atomic E-state index is 0. The van der Waals surface area contributed by atoms with Crippen molar-refractivity contribution in [3.05, 3.63) is 111 Å². The van der Waals surface area contributed by atoms with Gasteiger partial charge in [-0.25, -0.2) is 12.1 Å². The smallest absolute Gasteiger partial charge is 0.296 e. The molecule has 7 heteroatoms. The van der Waals surface area contributed by atoms with Crippen LogP contribution in [0.5, 0.6) is 0 Å². The Morgan fingerprint density at radius 1 is 0.839 bits per heavy atom. The first-order valence-electron chi connectivity index (χ1n) is 8.29. The van der Waals surface area contributed by atoms with E-state index in [1.54, 1.807) is 6.20 Å². The maximum atomic E-state index is 7.50. The van der Waals surface area contributed by atoms with E-state index in [1.165, 1.54) is 5.56 Å². The van der Waals surface area contributed by atoms with E-state index >= 15 is 0 Å². The SMILES string of the molecule is C[C@H](c1c[c-]ccc1)N(C)C.[C-]#[O+].[C-]#[O+].[C-]#[O+].[Cr].[Pd+2].[c-]1ccc(-c2ccccc2)nc1. The first kappa shape index (κ1) is 36.3. The Hall–Kier alpha value is -2.04. The topological polar surface area (TPSA) is 75.8 Å². The van der Waals surface area contributed by atoms with Crippen molar-refractivity contribution in [1.82, 2.24) is 9.88 Å². The molecule has 3 rings (SSSR count). The van der Waals surface area contributed by atoms with Gasteiger partial charge in [-0.05, 0) is 31.4 Å². The average Bonchev–Trinajstić information content (AvgIpc) is 2.84. The van der Waals surface area contributed by atoms with E-state index in [4.69, 9.17) is 14.0 Å². The predicted octanol–water partition coefficient (Wildman–Crippen LogP) is 4.54. The van der Waals surface area contributed by atoms with Gasteiger partial charge in [-0.3, -0.25) is 4.98 Å². The molecule has 162 valence electrons. The molecule has 0 aliphatic carbocycles. The van der Waals surface area contributed by atoms with E-state index in [0.29, 0.717) is 6.04 Å². The maximum absolute atomic E-state index is 7.50. The molecule has 2 aromatic carbocycles. The first-order chi connectivity index (χ1) is 14.2. The third-order valence-corrected chi connectivity index (χ3v) is 3.67. The number of nitrogens with zero attached hydrogens (tertiary/aromatic N) is 2. The molecule has 0 spiro atoms. The average molecular weight is 545 g/mol. The van der Waals surface area contributed by atoms with Crippen LogP contribution in [-0.4, -0.2) is 24.0 Å². The van der Waals surface area contributed by atoms with E-state index in [0.717, 1.165) is 11.3 Å². The van der Waals surface area contributed by atoms with Gasteiger partial charge in [-0.15, -0.1) is 5.56 Å². The van der Waals surface area contributed by atoms with Gasteiger partial charge in [0.05, 0.1) is 0 Å². The van der Waals surface area contributed by atoms with E-state index in [2.05, 4.69) is 69.1 Å². The van der Waals surface area contributed by atoms with Crippen LogP contribution < -0.4 is 0 Å². The summed E-state index contributed by atoms with van der Waals surface area (Å²) in [5.41, 5.74) is 3.46. The van der Waals surface area contributed by atoms with Crippen molar-refractivity contribution in [1.29, 1.82) is 0 Å². The summed E-state index contributed by atoms with van der Waals surface area (Å²) < 4.78 is 22.5. The summed E-state index contributed by atoms with van der Waals surface area (Å²) in [6.45, 7) is 15.7. The minimum absolute atomic E-state index is 0. The van der Waals surface area contributed by atoms with E-state index in [1.807, 2.05) is 60.7 Å².